The monoisotopic (exact) mass is 684 g/mol. The first-order valence-corrected chi connectivity index (χ1v) is 15.4. The van der Waals surface area contributed by atoms with E-state index in [0.717, 1.165) is 32.1 Å². The molecule has 1 saturated heterocycles. The number of alkyl halides is 3. The molecule has 0 spiro atoms. The van der Waals surface area contributed by atoms with Crippen LogP contribution in [0.15, 0.2) is 66.9 Å². The molecule has 3 heterocycles. The number of methoxy groups -OCH3 is 1. The minimum absolute atomic E-state index is 0.0324. The van der Waals surface area contributed by atoms with Gasteiger partial charge in [-0.2, -0.15) is 13.2 Å². The first-order valence-electron chi connectivity index (χ1n) is 15.0. The second-order valence-corrected chi connectivity index (χ2v) is 11.3. The Kier molecular flexibility index (Phi) is 9.64. The largest absolute Gasteiger partial charge is 0.493 e. The number of para-hydroxylation sites is 1. The van der Waals surface area contributed by atoms with Crippen molar-refractivity contribution in [3.8, 4) is 28.7 Å². The molecule has 0 atom stereocenters. The Bertz CT molecular complexity index is 1950. The van der Waals surface area contributed by atoms with Gasteiger partial charge >= 0.3 is 6.18 Å². The molecule has 3 aromatic carbocycles. The molecule has 0 unspecified atom stereocenters. The van der Waals surface area contributed by atoms with Crippen LogP contribution >= 0.6 is 11.6 Å². The van der Waals surface area contributed by atoms with Crippen LogP contribution in [-0.4, -0.2) is 64.1 Å². The third-order valence-electron chi connectivity index (χ3n) is 7.71. The molecule has 15 heteroatoms. The fourth-order valence-corrected chi connectivity index (χ4v) is 5.63. The van der Waals surface area contributed by atoms with Gasteiger partial charge in [-0.3, -0.25) is 9.78 Å². The van der Waals surface area contributed by atoms with Gasteiger partial charge in [0, 0.05) is 35.9 Å². The number of hydrogen-bond acceptors (Lipinski definition) is 8. The molecule has 1 N–H and O–H groups in total. The highest BCUT2D eigenvalue weighted by Gasteiger charge is 2.42. The van der Waals surface area contributed by atoms with Gasteiger partial charge in [0.25, 0.3) is 5.91 Å². The van der Waals surface area contributed by atoms with E-state index in [1.165, 1.54) is 62.5 Å². The number of likely N-dealkylation sites (tertiary alicyclic amines) is 1. The van der Waals surface area contributed by atoms with E-state index < -0.39 is 29.3 Å². The Morgan fingerprint density at radius 1 is 1.00 bits per heavy atom. The molecule has 2 aromatic heterocycles. The number of pyridine rings is 1. The van der Waals surface area contributed by atoms with Gasteiger partial charge in [0.1, 0.15) is 5.75 Å². The number of nitrogens with one attached hydrogen (secondary N) is 1. The topological polar surface area (TPSA) is 104 Å². The third kappa shape index (κ3) is 7.14. The molecular weight excluding hydrogens is 656 g/mol. The summed E-state index contributed by atoms with van der Waals surface area (Å²) in [5.74, 6) is -1.12. The van der Waals surface area contributed by atoms with Crippen LogP contribution in [-0.2, 0) is 6.18 Å². The Labute approximate surface area is 277 Å². The second kappa shape index (κ2) is 14.0. The molecule has 48 heavy (non-hydrogen) atoms. The number of nitrogens with zero attached hydrogens (tertiary/aromatic N) is 5. The average molecular weight is 685 g/mol. The number of rotatable bonds is 11. The van der Waals surface area contributed by atoms with Gasteiger partial charge in [-0.05, 0) is 68.8 Å². The average Bonchev–Trinajstić information content (AvgIpc) is 3.75. The zero-order valence-corrected chi connectivity index (χ0v) is 26.3. The van der Waals surface area contributed by atoms with E-state index in [1.54, 1.807) is 18.2 Å². The van der Waals surface area contributed by atoms with Gasteiger partial charge in [-0.25, -0.2) is 9.07 Å². The van der Waals surface area contributed by atoms with Crippen molar-refractivity contribution in [1.82, 2.24) is 24.9 Å². The van der Waals surface area contributed by atoms with Crippen LogP contribution in [0.2, 0.25) is 5.02 Å². The van der Waals surface area contributed by atoms with Gasteiger partial charge < -0.3 is 24.4 Å². The Balaban J connectivity index is 1.18. The quantitative estimate of drug-likeness (QED) is 0.112. The number of hydrogen-bond donors (Lipinski definition) is 1. The molecule has 1 amide bonds. The lowest BCUT2D eigenvalue weighted by Gasteiger charge is -2.16. The van der Waals surface area contributed by atoms with Gasteiger partial charge in [-0.15, -0.1) is 5.10 Å². The summed E-state index contributed by atoms with van der Waals surface area (Å²) >= 11 is 6.06. The van der Waals surface area contributed by atoms with Crippen molar-refractivity contribution in [1.29, 1.82) is 0 Å². The highest BCUT2D eigenvalue weighted by atomic mass is 35.5. The number of fused-ring (bicyclic) bond motifs is 1. The van der Waals surface area contributed by atoms with Crippen molar-refractivity contribution in [2.75, 3.05) is 38.7 Å². The summed E-state index contributed by atoms with van der Waals surface area (Å²) in [6, 6.07) is 14.1. The van der Waals surface area contributed by atoms with Crippen LogP contribution in [0, 0.1) is 5.82 Å². The maximum absolute atomic E-state index is 15.3. The molecule has 0 bridgehead atoms. The fraction of sp³-hybridized carbons (Fsp3) is 0.273. The fourth-order valence-electron chi connectivity index (χ4n) is 5.42. The molecular formula is C33H29ClF4N6O4. The number of halogens is 5. The molecule has 0 aliphatic carbocycles. The van der Waals surface area contributed by atoms with Crippen LogP contribution in [0.4, 0.5) is 23.2 Å². The lowest BCUT2D eigenvalue weighted by Crippen LogP contribution is -2.21. The minimum Gasteiger partial charge on any atom is -0.493 e. The molecule has 1 aliphatic rings. The summed E-state index contributed by atoms with van der Waals surface area (Å²) in [6.07, 6.45) is -0.206. The summed E-state index contributed by atoms with van der Waals surface area (Å²) in [5.41, 5.74) is -2.20. The predicted molar refractivity (Wildman–Crippen MR) is 170 cm³/mol. The highest BCUT2D eigenvalue weighted by molar-refractivity contribution is 6.32. The molecule has 0 saturated carbocycles. The molecule has 1 fully saturated rings. The summed E-state index contributed by atoms with van der Waals surface area (Å²) in [7, 11) is 1.51. The standard InChI is InChI=1S/C33H29ClF4N6O4/c1-46-28-18-21-24(19-29(28)47-16-6-15-43-13-4-5-14-43)39-12-11-26(21)48-27-10-9-20(17-23(27)35)40-32(45)30-31(33(36,37)38)44(42-41-30)25-8-3-2-7-22(25)34/h2-3,7-12,17-19H,4-6,13-16H2,1H3,(H,40,45). The number of ether oxygens (including phenoxy) is 3. The highest BCUT2D eigenvalue weighted by Crippen LogP contribution is 2.38. The normalized spacial score (nSPS) is 13.5. The first kappa shape index (κ1) is 33.0. The van der Waals surface area contributed by atoms with Crippen molar-refractivity contribution < 1.29 is 36.6 Å². The van der Waals surface area contributed by atoms with Crippen molar-refractivity contribution in [3.05, 3.63) is 89.1 Å². The third-order valence-corrected chi connectivity index (χ3v) is 8.03. The van der Waals surface area contributed by atoms with E-state index >= 15 is 4.39 Å². The smallest absolute Gasteiger partial charge is 0.435 e. The van der Waals surface area contributed by atoms with Crippen LogP contribution in [0.1, 0.15) is 35.4 Å². The van der Waals surface area contributed by atoms with Crippen molar-refractivity contribution >= 4 is 34.1 Å². The molecule has 250 valence electrons. The van der Waals surface area contributed by atoms with E-state index in [4.69, 9.17) is 25.8 Å². The predicted octanol–water partition coefficient (Wildman–Crippen LogP) is 7.54. The summed E-state index contributed by atoms with van der Waals surface area (Å²) < 4.78 is 75.3. The number of benzene rings is 3. The number of aromatic nitrogens is 4. The van der Waals surface area contributed by atoms with Crippen molar-refractivity contribution in [2.45, 2.75) is 25.4 Å². The summed E-state index contributed by atoms with van der Waals surface area (Å²) in [6.45, 7) is 3.68. The Morgan fingerprint density at radius 2 is 1.79 bits per heavy atom. The van der Waals surface area contributed by atoms with E-state index in [1.807, 2.05) is 0 Å². The summed E-state index contributed by atoms with van der Waals surface area (Å²) in [5, 5.41) is 9.70. The van der Waals surface area contributed by atoms with Gasteiger partial charge in [-0.1, -0.05) is 28.9 Å². The van der Waals surface area contributed by atoms with E-state index in [2.05, 4.69) is 25.5 Å². The molecule has 6 rings (SSSR count). The number of amides is 1. The van der Waals surface area contributed by atoms with E-state index in [-0.39, 0.29) is 27.9 Å². The van der Waals surface area contributed by atoms with Crippen LogP contribution < -0.4 is 19.5 Å². The minimum atomic E-state index is -5.02. The Hall–Kier alpha value is -4.95. The number of carbonyl (C=O) groups is 1. The zero-order valence-electron chi connectivity index (χ0n) is 25.6. The van der Waals surface area contributed by atoms with Crippen LogP contribution in [0.5, 0.6) is 23.0 Å². The van der Waals surface area contributed by atoms with Gasteiger partial charge in [0.2, 0.25) is 0 Å². The van der Waals surface area contributed by atoms with Gasteiger partial charge in [0.05, 0.1) is 29.9 Å². The molecule has 5 aromatic rings. The summed E-state index contributed by atoms with van der Waals surface area (Å²) in [4.78, 5) is 19.7. The van der Waals surface area contributed by atoms with Gasteiger partial charge in [0.15, 0.2) is 34.5 Å². The first-order chi connectivity index (χ1) is 23.1. The molecule has 10 nitrogen and oxygen atoms in total. The number of carbonyl (C=O) groups excluding carboxylic acids is 1. The van der Waals surface area contributed by atoms with Crippen LogP contribution in [0.25, 0.3) is 16.6 Å². The molecule has 0 radical (unpaired) electrons. The van der Waals surface area contributed by atoms with E-state index in [9.17, 15) is 18.0 Å². The maximum Gasteiger partial charge on any atom is 0.435 e. The lowest BCUT2D eigenvalue weighted by atomic mass is 10.1. The maximum atomic E-state index is 15.3. The SMILES string of the molecule is COc1cc2c(Oc3ccc(NC(=O)c4nnn(-c5ccccc5Cl)c4C(F)(F)F)cc3F)ccnc2cc1OCCCN1CCCC1. The van der Waals surface area contributed by atoms with Crippen molar-refractivity contribution in [2.24, 2.45) is 0 Å². The molecule has 1 aliphatic heterocycles. The second-order valence-electron chi connectivity index (χ2n) is 10.9. The zero-order chi connectivity index (χ0) is 33.8. The van der Waals surface area contributed by atoms with Crippen molar-refractivity contribution in [3.63, 3.8) is 0 Å². The Morgan fingerprint density at radius 3 is 2.52 bits per heavy atom. The number of anilines is 1. The van der Waals surface area contributed by atoms with Crippen LogP contribution in [0.3, 0.4) is 0 Å². The van der Waals surface area contributed by atoms with E-state index in [0.29, 0.717) is 33.7 Å². The lowest BCUT2D eigenvalue weighted by molar-refractivity contribution is -0.143.